The Morgan fingerprint density at radius 2 is 2.24 bits per heavy atom. The summed E-state index contributed by atoms with van der Waals surface area (Å²) in [5.74, 6) is -2.28. The Kier molecular flexibility index (Phi) is 4.14. The molecule has 1 aliphatic rings. The number of nitriles is 1. The molecule has 21 heavy (non-hydrogen) atoms. The van der Waals surface area contributed by atoms with E-state index in [2.05, 4.69) is 0 Å². The van der Waals surface area contributed by atoms with Crippen molar-refractivity contribution in [3.8, 4) is 6.07 Å². The zero-order valence-corrected chi connectivity index (χ0v) is 11.8. The highest BCUT2D eigenvalue weighted by Gasteiger charge is 2.33. The van der Waals surface area contributed by atoms with Crippen molar-refractivity contribution in [3.05, 3.63) is 29.6 Å². The predicted octanol–water partition coefficient (Wildman–Crippen LogP) is 0.775. The zero-order valence-electron chi connectivity index (χ0n) is 11.0. The summed E-state index contributed by atoms with van der Waals surface area (Å²) in [7, 11) is -3.32. The molecular weight excluding hydrogens is 299 g/mol. The molecule has 1 heterocycles. The van der Waals surface area contributed by atoms with Crippen LogP contribution in [0, 0.1) is 17.1 Å². The van der Waals surface area contributed by atoms with Gasteiger partial charge in [0.25, 0.3) is 0 Å². The van der Waals surface area contributed by atoms with E-state index in [0.717, 1.165) is 6.07 Å². The SMILES string of the molecule is N#Cc1ccc(N2CCS(=O)(=O)CC2CC(=O)O)c(F)c1. The van der Waals surface area contributed by atoms with Crippen LogP contribution in [-0.2, 0) is 14.6 Å². The van der Waals surface area contributed by atoms with Gasteiger partial charge < -0.3 is 10.0 Å². The first-order chi connectivity index (χ1) is 9.82. The van der Waals surface area contributed by atoms with Crippen LogP contribution >= 0.6 is 0 Å². The number of carboxylic acid groups (broad SMARTS) is 1. The van der Waals surface area contributed by atoms with Crippen LogP contribution in [0.1, 0.15) is 12.0 Å². The van der Waals surface area contributed by atoms with E-state index in [-0.39, 0.29) is 29.3 Å². The number of sulfone groups is 1. The summed E-state index contributed by atoms with van der Waals surface area (Å²) in [5.41, 5.74) is 0.269. The van der Waals surface area contributed by atoms with Gasteiger partial charge in [-0.1, -0.05) is 0 Å². The second-order valence-corrected chi connectivity index (χ2v) is 7.07. The molecule has 0 radical (unpaired) electrons. The molecule has 1 aromatic rings. The predicted molar refractivity (Wildman–Crippen MR) is 73.2 cm³/mol. The monoisotopic (exact) mass is 312 g/mol. The summed E-state index contributed by atoms with van der Waals surface area (Å²) in [4.78, 5) is 12.3. The van der Waals surface area contributed by atoms with Crippen LogP contribution in [0.5, 0.6) is 0 Å². The Labute approximate surface area is 121 Å². The third-order valence-corrected chi connectivity index (χ3v) is 5.02. The lowest BCUT2D eigenvalue weighted by Gasteiger charge is -2.36. The Bertz CT molecular complexity index is 711. The van der Waals surface area contributed by atoms with Gasteiger partial charge in [0.2, 0.25) is 0 Å². The van der Waals surface area contributed by atoms with E-state index in [1.54, 1.807) is 6.07 Å². The smallest absolute Gasteiger partial charge is 0.305 e. The van der Waals surface area contributed by atoms with Gasteiger partial charge >= 0.3 is 5.97 Å². The van der Waals surface area contributed by atoms with E-state index in [0.29, 0.717) is 0 Å². The third-order valence-electron chi connectivity index (χ3n) is 3.33. The van der Waals surface area contributed by atoms with Crippen LogP contribution in [0.4, 0.5) is 10.1 Å². The van der Waals surface area contributed by atoms with Gasteiger partial charge in [-0.25, -0.2) is 12.8 Å². The molecule has 0 aromatic heterocycles. The van der Waals surface area contributed by atoms with Crippen molar-refractivity contribution >= 4 is 21.5 Å². The molecule has 1 aromatic carbocycles. The van der Waals surface area contributed by atoms with Crippen molar-refractivity contribution in [2.24, 2.45) is 0 Å². The first-order valence-electron chi connectivity index (χ1n) is 6.21. The molecule has 8 heteroatoms. The fraction of sp³-hybridized carbons (Fsp3) is 0.385. The number of carboxylic acids is 1. The molecule has 0 amide bonds. The first-order valence-corrected chi connectivity index (χ1v) is 8.03. The Morgan fingerprint density at radius 1 is 1.52 bits per heavy atom. The van der Waals surface area contributed by atoms with Gasteiger partial charge in [-0.05, 0) is 18.2 Å². The van der Waals surface area contributed by atoms with Crippen molar-refractivity contribution in [2.75, 3.05) is 23.0 Å². The van der Waals surface area contributed by atoms with Crippen molar-refractivity contribution in [2.45, 2.75) is 12.5 Å². The van der Waals surface area contributed by atoms with E-state index in [1.807, 2.05) is 0 Å². The lowest BCUT2D eigenvalue weighted by molar-refractivity contribution is -0.137. The van der Waals surface area contributed by atoms with Gasteiger partial charge in [-0.15, -0.1) is 0 Å². The summed E-state index contributed by atoms with van der Waals surface area (Å²) in [5, 5.41) is 17.6. The van der Waals surface area contributed by atoms with Crippen molar-refractivity contribution < 1.29 is 22.7 Å². The highest BCUT2D eigenvalue weighted by Crippen LogP contribution is 2.27. The molecule has 1 saturated heterocycles. The van der Waals surface area contributed by atoms with Crippen LogP contribution in [-0.4, -0.2) is 43.6 Å². The molecule has 2 rings (SSSR count). The van der Waals surface area contributed by atoms with Crippen molar-refractivity contribution in [1.29, 1.82) is 5.26 Å². The lowest BCUT2D eigenvalue weighted by Crippen LogP contribution is -2.49. The van der Waals surface area contributed by atoms with E-state index in [4.69, 9.17) is 10.4 Å². The maximum Gasteiger partial charge on any atom is 0.305 e. The van der Waals surface area contributed by atoms with E-state index < -0.39 is 34.1 Å². The molecule has 1 fully saturated rings. The average Bonchev–Trinajstić information content (AvgIpc) is 2.38. The van der Waals surface area contributed by atoms with E-state index >= 15 is 0 Å². The summed E-state index contributed by atoms with van der Waals surface area (Å²) in [6, 6.07) is 4.83. The zero-order chi connectivity index (χ0) is 15.6. The Hall–Kier alpha value is -2.14. The molecule has 112 valence electrons. The largest absolute Gasteiger partial charge is 0.481 e. The van der Waals surface area contributed by atoms with Gasteiger partial charge in [-0.3, -0.25) is 4.79 Å². The number of anilines is 1. The van der Waals surface area contributed by atoms with E-state index in [9.17, 15) is 17.6 Å². The Balaban J connectivity index is 2.36. The molecule has 0 bridgehead atoms. The highest BCUT2D eigenvalue weighted by atomic mass is 32.2. The Morgan fingerprint density at radius 3 is 2.81 bits per heavy atom. The minimum atomic E-state index is -3.32. The summed E-state index contributed by atoms with van der Waals surface area (Å²) < 4.78 is 37.3. The molecule has 0 aliphatic carbocycles. The number of hydrogen-bond acceptors (Lipinski definition) is 5. The number of halogens is 1. The number of benzene rings is 1. The standard InChI is InChI=1S/C13H13FN2O4S/c14-11-5-9(7-15)1-2-12(11)16-3-4-21(19,20)8-10(16)6-13(17)18/h1-2,5,10H,3-4,6,8H2,(H,17,18). The van der Waals surface area contributed by atoms with E-state index in [1.165, 1.54) is 17.0 Å². The summed E-state index contributed by atoms with van der Waals surface area (Å²) in [6.45, 7) is 0.0309. The summed E-state index contributed by atoms with van der Waals surface area (Å²) in [6.07, 6.45) is -0.390. The van der Waals surface area contributed by atoms with Gasteiger partial charge in [0.1, 0.15) is 5.82 Å². The molecule has 1 atom stereocenters. The van der Waals surface area contributed by atoms with Crippen LogP contribution in [0.15, 0.2) is 18.2 Å². The normalized spacial score (nSPS) is 20.8. The van der Waals surface area contributed by atoms with Gasteiger partial charge in [-0.2, -0.15) is 5.26 Å². The molecule has 6 nitrogen and oxygen atoms in total. The van der Waals surface area contributed by atoms with Gasteiger partial charge in [0, 0.05) is 6.54 Å². The van der Waals surface area contributed by atoms with Crippen LogP contribution in [0.2, 0.25) is 0 Å². The van der Waals surface area contributed by atoms with Crippen LogP contribution in [0.25, 0.3) is 0 Å². The third kappa shape index (κ3) is 3.49. The number of nitrogens with zero attached hydrogens (tertiary/aromatic N) is 2. The quantitative estimate of drug-likeness (QED) is 0.885. The van der Waals surface area contributed by atoms with Crippen LogP contribution in [0.3, 0.4) is 0 Å². The van der Waals surface area contributed by atoms with Gasteiger partial charge in [0.15, 0.2) is 9.84 Å². The van der Waals surface area contributed by atoms with Crippen molar-refractivity contribution in [3.63, 3.8) is 0 Å². The summed E-state index contributed by atoms with van der Waals surface area (Å²) >= 11 is 0. The van der Waals surface area contributed by atoms with Crippen molar-refractivity contribution in [1.82, 2.24) is 0 Å². The minimum absolute atomic E-state index is 0.0309. The number of aliphatic carboxylic acids is 1. The fourth-order valence-corrected chi connectivity index (χ4v) is 3.91. The number of rotatable bonds is 3. The maximum absolute atomic E-state index is 14.0. The lowest BCUT2D eigenvalue weighted by atomic mass is 10.1. The second kappa shape index (κ2) is 5.69. The minimum Gasteiger partial charge on any atom is -0.481 e. The number of carbonyl (C=O) groups is 1. The molecule has 1 unspecified atom stereocenters. The topological polar surface area (TPSA) is 98.5 Å². The molecular formula is C13H13FN2O4S. The molecule has 0 spiro atoms. The molecule has 0 saturated carbocycles. The second-order valence-electron chi connectivity index (χ2n) is 4.84. The fourth-order valence-electron chi connectivity index (χ4n) is 2.38. The highest BCUT2D eigenvalue weighted by molar-refractivity contribution is 7.91. The molecule has 1 aliphatic heterocycles. The van der Waals surface area contributed by atoms with Gasteiger partial charge in [0.05, 0.1) is 41.3 Å². The first kappa shape index (κ1) is 15.3. The maximum atomic E-state index is 14.0. The molecule has 1 N–H and O–H groups in total. The van der Waals surface area contributed by atoms with Crippen LogP contribution < -0.4 is 4.90 Å². The average molecular weight is 312 g/mol. The number of hydrogen-bond donors (Lipinski definition) is 1.